The van der Waals surface area contributed by atoms with Crippen molar-refractivity contribution in [2.45, 2.75) is 38.8 Å². The lowest BCUT2D eigenvalue weighted by molar-refractivity contribution is 0.0183. The molecule has 0 aromatic carbocycles. The highest BCUT2D eigenvalue weighted by Crippen LogP contribution is 2.28. The molecule has 0 aliphatic carbocycles. The third kappa shape index (κ3) is 3.60. The number of halogens is 2. The predicted molar refractivity (Wildman–Crippen MR) is 76.3 cm³/mol. The Morgan fingerprint density at radius 1 is 1.42 bits per heavy atom. The fourth-order valence-electron chi connectivity index (χ4n) is 2.17. The number of amides is 1. The van der Waals surface area contributed by atoms with Crippen LogP contribution in [0.15, 0.2) is 9.98 Å². The number of hydrogen-bond acceptors (Lipinski definition) is 4. The van der Waals surface area contributed by atoms with Crippen LogP contribution in [-0.4, -0.2) is 46.2 Å². The Bertz CT molecular complexity index is 443. The van der Waals surface area contributed by atoms with Gasteiger partial charge in [-0.25, -0.2) is 9.79 Å². The van der Waals surface area contributed by atoms with Crippen molar-refractivity contribution in [3.63, 3.8) is 0 Å². The Labute approximate surface area is 122 Å². The molecule has 2 heterocycles. The van der Waals surface area contributed by atoms with Gasteiger partial charge in [-0.15, -0.1) is 0 Å². The van der Waals surface area contributed by atoms with Crippen LogP contribution in [-0.2, 0) is 4.74 Å². The molecule has 1 amide bonds. The minimum absolute atomic E-state index is 0.0582. The zero-order valence-corrected chi connectivity index (χ0v) is 12.7. The molecule has 0 radical (unpaired) electrons. The van der Waals surface area contributed by atoms with E-state index >= 15 is 0 Å². The summed E-state index contributed by atoms with van der Waals surface area (Å²) in [5.74, 6) is 0.0582. The van der Waals surface area contributed by atoms with Gasteiger partial charge in [0.15, 0.2) is 0 Å². The molecule has 7 heteroatoms. The van der Waals surface area contributed by atoms with Crippen molar-refractivity contribution in [2.75, 3.05) is 13.1 Å². The van der Waals surface area contributed by atoms with E-state index < -0.39 is 5.60 Å². The fraction of sp³-hybridized carbons (Fsp3) is 0.750. The molecule has 1 saturated heterocycles. The van der Waals surface area contributed by atoms with Crippen LogP contribution in [0.5, 0.6) is 0 Å². The van der Waals surface area contributed by atoms with Gasteiger partial charge >= 0.3 is 6.09 Å². The second kappa shape index (κ2) is 5.29. The summed E-state index contributed by atoms with van der Waals surface area (Å²) in [4.78, 5) is 21.9. The van der Waals surface area contributed by atoms with E-state index in [0.717, 1.165) is 6.42 Å². The molecule has 0 N–H and O–H groups in total. The van der Waals surface area contributed by atoms with E-state index in [0.29, 0.717) is 18.3 Å². The highest BCUT2D eigenvalue weighted by molar-refractivity contribution is 6.72. The number of hydrogen-bond donors (Lipinski definition) is 0. The van der Waals surface area contributed by atoms with Crippen LogP contribution >= 0.6 is 23.2 Å². The first-order valence-electron chi connectivity index (χ1n) is 6.21. The fourth-order valence-corrected chi connectivity index (χ4v) is 2.76. The summed E-state index contributed by atoms with van der Waals surface area (Å²) < 4.78 is 5.35. The van der Waals surface area contributed by atoms with Gasteiger partial charge in [-0.3, -0.25) is 4.99 Å². The van der Waals surface area contributed by atoms with E-state index in [2.05, 4.69) is 9.98 Å². The number of carbonyl (C=O) groups is 1. The van der Waals surface area contributed by atoms with Crippen LogP contribution in [0.3, 0.4) is 0 Å². The Balaban J connectivity index is 2.03. The van der Waals surface area contributed by atoms with Crippen molar-refractivity contribution >= 4 is 39.8 Å². The highest BCUT2D eigenvalue weighted by atomic mass is 35.5. The average molecular weight is 306 g/mol. The summed E-state index contributed by atoms with van der Waals surface area (Å²) in [6.45, 7) is 6.58. The van der Waals surface area contributed by atoms with Crippen molar-refractivity contribution in [2.24, 2.45) is 15.9 Å². The first kappa shape index (κ1) is 14.6. The monoisotopic (exact) mass is 305 g/mol. The van der Waals surface area contributed by atoms with Crippen molar-refractivity contribution in [3.8, 4) is 0 Å². The molecule has 5 nitrogen and oxygen atoms in total. The minimum atomic E-state index is -0.499. The van der Waals surface area contributed by atoms with E-state index in [1.54, 1.807) is 4.90 Å². The van der Waals surface area contributed by atoms with Crippen LogP contribution < -0.4 is 0 Å². The third-order valence-electron chi connectivity index (χ3n) is 3.01. The van der Waals surface area contributed by atoms with Crippen molar-refractivity contribution in [1.29, 1.82) is 0 Å². The molecule has 0 bridgehead atoms. The van der Waals surface area contributed by atoms with Gasteiger partial charge in [0, 0.05) is 19.0 Å². The summed E-state index contributed by atoms with van der Waals surface area (Å²) in [6.07, 6.45) is 0.399. The summed E-state index contributed by atoms with van der Waals surface area (Å²) in [5.41, 5.74) is -0.499. The van der Waals surface area contributed by atoms with Crippen molar-refractivity contribution in [1.82, 2.24) is 4.90 Å². The van der Waals surface area contributed by atoms with E-state index in [9.17, 15) is 4.79 Å². The van der Waals surface area contributed by atoms with Crippen LogP contribution in [0.1, 0.15) is 27.2 Å². The van der Waals surface area contributed by atoms with Crippen LogP contribution in [0.2, 0.25) is 0 Å². The molecular formula is C12H17Cl2N3O2. The molecule has 2 aliphatic rings. The van der Waals surface area contributed by atoms with Gasteiger partial charge in [-0.2, -0.15) is 0 Å². The van der Waals surface area contributed by atoms with Crippen molar-refractivity contribution in [3.05, 3.63) is 0 Å². The molecule has 19 heavy (non-hydrogen) atoms. The number of amidine groups is 1. The molecule has 0 aromatic heterocycles. The molecule has 2 rings (SSSR count). The first-order valence-corrected chi connectivity index (χ1v) is 6.97. The number of piperidine rings is 1. The number of likely N-dealkylation sites (tertiary alicyclic amines) is 1. The second-order valence-electron chi connectivity index (χ2n) is 5.72. The lowest BCUT2D eigenvalue weighted by Gasteiger charge is -2.37. The lowest BCUT2D eigenvalue weighted by Crippen LogP contribution is -2.49. The summed E-state index contributed by atoms with van der Waals surface area (Å²) in [5, 5.41) is 0.631. The van der Waals surface area contributed by atoms with Gasteiger partial charge in [0.2, 0.25) is 5.29 Å². The smallest absolute Gasteiger partial charge is 0.410 e. The summed E-state index contributed by atoms with van der Waals surface area (Å²) in [7, 11) is 0. The molecule has 2 aliphatic heterocycles. The van der Waals surface area contributed by atoms with Gasteiger partial charge in [0.1, 0.15) is 10.8 Å². The number of rotatable bonds is 0. The average Bonchev–Trinajstić information content (AvgIpc) is 2.25. The lowest BCUT2D eigenvalue weighted by atomic mass is 9.92. The normalized spacial score (nSPS) is 27.3. The standard InChI is InChI=1S/C12H17Cl2N3O2/c1-12(2,3)19-11(18)17-5-4-7-8(6-17)15-10(14)16-9(7)13/h7-8H,4-6H2,1-3H3. The Morgan fingerprint density at radius 3 is 2.74 bits per heavy atom. The molecular weight excluding hydrogens is 289 g/mol. The van der Waals surface area contributed by atoms with Crippen molar-refractivity contribution < 1.29 is 9.53 Å². The van der Waals surface area contributed by atoms with Gasteiger partial charge in [-0.1, -0.05) is 11.6 Å². The topological polar surface area (TPSA) is 54.3 Å². The summed E-state index contributed by atoms with van der Waals surface area (Å²) in [6, 6.07) is -0.126. The Kier molecular flexibility index (Phi) is 4.06. The number of nitrogens with zero attached hydrogens (tertiary/aromatic N) is 3. The molecule has 106 valence electrons. The highest BCUT2D eigenvalue weighted by Gasteiger charge is 2.37. The van der Waals surface area contributed by atoms with E-state index in [1.807, 2.05) is 20.8 Å². The maximum Gasteiger partial charge on any atom is 0.410 e. The number of carbonyl (C=O) groups excluding carboxylic acids is 1. The number of ether oxygens (including phenoxy) is 1. The molecule has 1 fully saturated rings. The molecule has 2 unspecified atom stereocenters. The van der Waals surface area contributed by atoms with Gasteiger partial charge in [-0.05, 0) is 38.8 Å². The molecule has 2 atom stereocenters. The summed E-state index contributed by atoms with van der Waals surface area (Å²) >= 11 is 11.9. The quantitative estimate of drug-likeness (QED) is 0.646. The third-order valence-corrected chi connectivity index (χ3v) is 3.56. The molecule has 0 saturated carbocycles. The molecule has 0 aromatic rings. The number of fused-ring (bicyclic) bond motifs is 1. The van der Waals surface area contributed by atoms with Gasteiger partial charge < -0.3 is 9.64 Å². The predicted octanol–water partition coefficient (Wildman–Crippen LogP) is 2.86. The number of aliphatic imine (C=N–C) groups is 2. The van der Waals surface area contributed by atoms with Gasteiger partial charge in [0.05, 0.1) is 6.04 Å². The first-order chi connectivity index (χ1) is 8.76. The van der Waals surface area contributed by atoms with Gasteiger partial charge in [0.25, 0.3) is 0 Å². The van der Waals surface area contributed by atoms with E-state index in [-0.39, 0.29) is 23.3 Å². The second-order valence-corrected chi connectivity index (χ2v) is 6.45. The van der Waals surface area contributed by atoms with E-state index in [4.69, 9.17) is 27.9 Å². The van der Waals surface area contributed by atoms with Crippen LogP contribution in [0.4, 0.5) is 4.79 Å². The largest absolute Gasteiger partial charge is 0.444 e. The maximum absolute atomic E-state index is 12.0. The van der Waals surface area contributed by atoms with Crippen LogP contribution in [0.25, 0.3) is 0 Å². The zero-order chi connectivity index (χ0) is 14.2. The van der Waals surface area contributed by atoms with E-state index in [1.165, 1.54) is 0 Å². The maximum atomic E-state index is 12.0. The SMILES string of the molecule is CC(C)(C)OC(=O)N1CCC2C(Cl)=NC(Cl)=NC2C1. The molecule has 0 spiro atoms. The minimum Gasteiger partial charge on any atom is -0.444 e. The Morgan fingerprint density at radius 2 is 2.11 bits per heavy atom. The zero-order valence-electron chi connectivity index (χ0n) is 11.2. The van der Waals surface area contributed by atoms with Crippen LogP contribution in [0, 0.1) is 5.92 Å². The Hall–Kier alpha value is -0.810.